The summed E-state index contributed by atoms with van der Waals surface area (Å²) in [6.07, 6.45) is 2.31. The summed E-state index contributed by atoms with van der Waals surface area (Å²) >= 11 is 0. The lowest BCUT2D eigenvalue weighted by Crippen LogP contribution is -2.58. The number of pyridine rings is 1. The maximum atomic E-state index is 12.6. The fourth-order valence-electron chi connectivity index (χ4n) is 4.19. The van der Waals surface area contributed by atoms with Gasteiger partial charge in [0.15, 0.2) is 0 Å². The van der Waals surface area contributed by atoms with Crippen molar-refractivity contribution in [3.8, 4) is 11.9 Å². The van der Waals surface area contributed by atoms with Crippen LogP contribution in [0.1, 0.15) is 38.7 Å². The maximum Gasteiger partial charge on any atom is 0.411 e. The number of piperazine rings is 1. The number of nitrogens with one attached hydrogen (secondary N) is 1. The number of rotatable bonds is 11. The summed E-state index contributed by atoms with van der Waals surface area (Å²) in [6.45, 7) is 7.29. The molecule has 2 amide bonds. The molecule has 1 aromatic heterocycles. The molecule has 0 aliphatic carbocycles. The van der Waals surface area contributed by atoms with Gasteiger partial charge in [-0.2, -0.15) is 5.26 Å². The lowest BCUT2D eigenvalue weighted by atomic mass is 10.1. The normalized spacial score (nSPS) is 17.5. The Bertz CT molecular complexity index is 1020. The molecule has 0 saturated carbocycles. The SMILES string of the molecule is C[C@@H]1CN(C(=O)OCc2ccccc2)C[C@H](C)N1CCCOc1ccc(NC(=O)OCCCC#N)cn1. The summed E-state index contributed by atoms with van der Waals surface area (Å²) in [5.74, 6) is 0.472. The highest BCUT2D eigenvalue weighted by molar-refractivity contribution is 5.84. The van der Waals surface area contributed by atoms with Crippen LogP contribution in [0.3, 0.4) is 0 Å². The zero-order valence-corrected chi connectivity index (χ0v) is 21.5. The molecule has 1 aliphatic rings. The van der Waals surface area contributed by atoms with Crippen LogP contribution in [-0.4, -0.2) is 71.9 Å². The average molecular weight is 510 g/mol. The molecule has 2 atom stereocenters. The number of benzene rings is 1. The molecule has 1 fully saturated rings. The predicted molar refractivity (Wildman–Crippen MR) is 138 cm³/mol. The van der Waals surface area contributed by atoms with Crippen LogP contribution >= 0.6 is 0 Å². The number of carbonyl (C=O) groups is 2. The molecular formula is C27H35N5O5. The van der Waals surface area contributed by atoms with Crippen molar-refractivity contribution < 1.29 is 23.8 Å². The number of unbranched alkanes of at least 4 members (excludes halogenated alkanes) is 1. The zero-order chi connectivity index (χ0) is 26.5. The van der Waals surface area contributed by atoms with Gasteiger partial charge in [-0.25, -0.2) is 14.6 Å². The third-order valence-corrected chi connectivity index (χ3v) is 6.02. The molecule has 198 valence electrons. The Balaban J connectivity index is 1.34. The minimum absolute atomic E-state index is 0.193. The second-order valence-electron chi connectivity index (χ2n) is 8.99. The predicted octanol–water partition coefficient (Wildman–Crippen LogP) is 4.43. The topological polar surface area (TPSA) is 117 Å². The van der Waals surface area contributed by atoms with Gasteiger partial charge in [-0.15, -0.1) is 0 Å². The number of amides is 2. The van der Waals surface area contributed by atoms with Crippen LogP contribution in [0.5, 0.6) is 5.88 Å². The summed E-state index contributed by atoms with van der Waals surface area (Å²) in [4.78, 5) is 32.7. The van der Waals surface area contributed by atoms with E-state index in [4.69, 9.17) is 19.5 Å². The molecule has 10 nitrogen and oxygen atoms in total. The van der Waals surface area contributed by atoms with Gasteiger partial charge in [0.05, 0.1) is 31.2 Å². The van der Waals surface area contributed by atoms with Crippen LogP contribution in [0.15, 0.2) is 48.7 Å². The molecular weight excluding hydrogens is 474 g/mol. The first-order chi connectivity index (χ1) is 18.0. The van der Waals surface area contributed by atoms with E-state index in [0.717, 1.165) is 18.5 Å². The number of nitrogens with zero attached hydrogens (tertiary/aromatic N) is 4. The van der Waals surface area contributed by atoms with Gasteiger partial charge < -0.3 is 19.1 Å². The van der Waals surface area contributed by atoms with Gasteiger partial charge in [0.1, 0.15) is 6.61 Å². The fraction of sp³-hybridized carbons (Fsp3) is 0.481. The van der Waals surface area contributed by atoms with E-state index >= 15 is 0 Å². The minimum Gasteiger partial charge on any atom is -0.478 e. The first-order valence-electron chi connectivity index (χ1n) is 12.6. The van der Waals surface area contributed by atoms with Crippen molar-refractivity contribution in [2.24, 2.45) is 0 Å². The molecule has 0 radical (unpaired) electrons. The van der Waals surface area contributed by atoms with E-state index in [1.807, 2.05) is 36.4 Å². The van der Waals surface area contributed by atoms with Crippen molar-refractivity contribution in [3.63, 3.8) is 0 Å². The van der Waals surface area contributed by atoms with Crippen molar-refractivity contribution in [2.75, 3.05) is 38.2 Å². The zero-order valence-electron chi connectivity index (χ0n) is 21.5. The van der Waals surface area contributed by atoms with Crippen molar-refractivity contribution in [1.82, 2.24) is 14.8 Å². The monoisotopic (exact) mass is 509 g/mol. The molecule has 1 aliphatic heterocycles. The Morgan fingerprint density at radius 2 is 1.81 bits per heavy atom. The lowest BCUT2D eigenvalue weighted by molar-refractivity contribution is 0.0229. The van der Waals surface area contributed by atoms with E-state index in [-0.39, 0.29) is 31.4 Å². The summed E-state index contributed by atoms with van der Waals surface area (Å²) in [5, 5.41) is 11.1. The van der Waals surface area contributed by atoms with Gasteiger partial charge in [-0.05, 0) is 38.3 Å². The molecule has 10 heteroatoms. The Hall–Kier alpha value is -3.84. The Morgan fingerprint density at radius 1 is 1.05 bits per heavy atom. The van der Waals surface area contributed by atoms with E-state index in [1.54, 1.807) is 17.0 Å². The maximum absolute atomic E-state index is 12.6. The molecule has 0 spiro atoms. The van der Waals surface area contributed by atoms with Gasteiger partial charge in [-0.3, -0.25) is 10.2 Å². The Morgan fingerprint density at radius 3 is 2.49 bits per heavy atom. The number of hydrogen-bond donors (Lipinski definition) is 1. The largest absolute Gasteiger partial charge is 0.478 e. The van der Waals surface area contributed by atoms with E-state index < -0.39 is 6.09 Å². The number of carbonyl (C=O) groups excluding carboxylic acids is 2. The molecule has 2 heterocycles. The standard InChI is InChI=1S/C27H35N5O5/c1-21-18-31(27(34)37-20-23-9-4-3-5-10-23)19-22(2)32(21)14-8-16-35-25-12-11-24(17-29-25)30-26(33)36-15-7-6-13-28/h3-5,9-12,17,21-22H,6-8,14-16,18-20H2,1-2H3,(H,30,33)/t21-,22+. The van der Waals surface area contributed by atoms with E-state index in [1.165, 1.54) is 6.20 Å². The molecule has 0 unspecified atom stereocenters. The van der Waals surface area contributed by atoms with Crippen LogP contribution in [0, 0.1) is 11.3 Å². The third-order valence-electron chi connectivity index (χ3n) is 6.02. The molecule has 2 aromatic rings. The Kier molecular flexibility index (Phi) is 11.0. The highest BCUT2D eigenvalue weighted by Crippen LogP contribution is 2.18. The summed E-state index contributed by atoms with van der Waals surface area (Å²) in [7, 11) is 0. The molecule has 1 N–H and O–H groups in total. The first-order valence-corrected chi connectivity index (χ1v) is 12.6. The lowest BCUT2D eigenvalue weighted by Gasteiger charge is -2.44. The van der Waals surface area contributed by atoms with Gasteiger partial charge >= 0.3 is 12.2 Å². The first kappa shape index (κ1) is 27.7. The van der Waals surface area contributed by atoms with Crippen molar-refractivity contribution >= 4 is 17.9 Å². The highest BCUT2D eigenvalue weighted by atomic mass is 16.6. The van der Waals surface area contributed by atoms with Crippen LogP contribution in [0.2, 0.25) is 0 Å². The number of aromatic nitrogens is 1. The summed E-state index contributed by atoms with van der Waals surface area (Å²) in [6, 6.07) is 15.5. The quantitative estimate of drug-likeness (QED) is 0.442. The molecule has 3 rings (SSSR count). The number of ether oxygens (including phenoxy) is 3. The van der Waals surface area contributed by atoms with Gasteiger partial charge in [0.2, 0.25) is 5.88 Å². The van der Waals surface area contributed by atoms with Crippen molar-refractivity contribution in [2.45, 2.75) is 51.8 Å². The Labute approximate surface area is 218 Å². The van der Waals surface area contributed by atoms with Crippen LogP contribution < -0.4 is 10.1 Å². The molecule has 1 aromatic carbocycles. The summed E-state index contributed by atoms with van der Waals surface area (Å²) < 4.78 is 16.2. The van der Waals surface area contributed by atoms with Gasteiger partial charge in [0, 0.05) is 44.2 Å². The van der Waals surface area contributed by atoms with Gasteiger partial charge in [-0.1, -0.05) is 30.3 Å². The smallest absolute Gasteiger partial charge is 0.411 e. The highest BCUT2D eigenvalue weighted by Gasteiger charge is 2.32. The molecule has 1 saturated heterocycles. The second-order valence-corrected chi connectivity index (χ2v) is 8.99. The number of anilines is 1. The second kappa shape index (κ2) is 14.7. The van der Waals surface area contributed by atoms with Crippen LogP contribution in [-0.2, 0) is 16.1 Å². The number of hydrogen-bond acceptors (Lipinski definition) is 8. The van der Waals surface area contributed by atoms with Crippen LogP contribution in [0.25, 0.3) is 0 Å². The van der Waals surface area contributed by atoms with Gasteiger partial charge in [0.25, 0.3) is 0 Å². The van der Waals surface area contributed by atoms with Crippen molar-refractivity contribution in [3.05, 3.63) is 54.2 Å². The van der Waals surface area contributed by atoms with Crippen molar-refractivity contribution in [1.29, 1.82) is 5.26 Å². The molecule has 0 bridgehead atoms. The third kappa shape index (κ3) is 9.28. The fourth-order valence-corrected chi connectivity index (χ4v) is 4.19. The van der Waals surface area contributed by atoms with Crippen LogP contribution in [0.4, 0.5) is 15.3 Å². The molecule has 37 heavy (non-hydrogen) atoms. The number of nitriles is 1. The minimum atomic E-state index is -0.582. The van der Waals surface area contributed by atoms with E-state index in [9.17, 15) is 9.59 Å². The van der Waals surface area contributed by atoms with E-state index in [0.29, 0.717) is 44.1 Å². The van der Waals surface area contributed by atoms with E-state index in [2.05, 4.69) is 29.0 Å². The average Bonchev–Trinajstić information content (AvgIpc) is 2.90. The summed E-state index contributed by atoms with van der Waals surface area (Å²) in [5.41, 5.74) is 1.47.